The van der Waals surface area contributed by atoms with Crippen molar-refractivity contribution in [1.29, 1.82) is 0 Å². The van der Waals surface area contributed by atoms with Crippen LogP contribution in [-0.2, 0) is 19.1 Å². The van der Waals surface area contributed by atoms with Crippen LogP contribution >= 0.6 is 0 Å². The quantitative estimate of drug-likeness (QED) is 0.363. The molecule has 0 aromatic carbocycles. The monoisotopic (exact) mass is 184 g/mol. The lowest BCUT2D eigenvalue weighted by Gasteiger charge is -2.09. The Balaban J connectivity index is 3.64. The van der Waals surface area contributed by atoms with Crippen LogP contribution in [0.4, 0.5) is 0 Å². The second kappa shape index (κ2) is 6.06. The Bertz CT molecular complexity index is 226. The molecule has 0 unspecified atom stereocenters. The fourth-order valence-electron chi connectivity index (χ4n) is 0.699. The summed E-state index contributed by atoms with van der Waals surface area (Å²) in [5, 5.41) is 0. The number of hydrogen-bond donors (Lipinski definition) is 0. The van der Waals surface area contributed by atoms with Crippen LogP contribution in [0.2, 0.25) is 0 Å². The van der Waals surface area contributed by atoms with E-state index in [9.17, 15) is 9.59 Å². The SMILES string of the molecule is C#CC(=O)O[C@H](C)CCC(=O)OC. The molecule has 1 atom stereocenters. The van der Waals surface area contributed by atoms with Crippen LogP contribution in [0.15, 0.2) is 0 Å². The van der Waals surface area contributed by atoms with Crippen molar-refractivity contribution in [3.8, 4) is 12.3 Å². The van der Waals surface area contributed by atoms with Gasteiger partial charge in [0, 0.05) is 12.3 Å². The zero-order valence-corrected chi connectivity index (χ0v) is 7.70. The molecular weight excluding hydrogens is 172 g/mol. The van der Waals surface area contributed by atoms with Crippen LogP contribution in [0.5, 0.6) is 0 Å². The Morgan fingerprint density at radius 1 is 1.54 bits per heavy atom. The molecular formula is C9H12O4. The van der Waals surface area contributed by atoms with Gasteiger partial charge in [-0.05, 0) is 13.3 Å². The third kappa shape index (κ3) is 5.74. The highest BCUT2D eigenvalue weighted by atomic mass is 16.5. The van der Waals surface area contributed by atoms with Crippen molar-refractivity contribution in [2.75, 3.05) is 7.11 Å². The second-order valence-electron chi connectivity index (χ2n) is 2.48. The maximum absolute atomic E-state index is 10.7. The first-order valence-electron chi connectivity index (χ1n) is 3.84. The van der Waals surface area contributed by atoms with Crippen LogP contribution < -0.4 is 0 Å². The van der Waals surface area contributed by atoms with E-state index in [0.29, 0.717) is 6.42 Å². The van der Waals surface area contributed by atoms with Gasteiger partial charge in [0.05, 0.1) is 7.11 Å². The van der Waals surface area contributed by atoms with Crippen molar-refractivity contribution in [3.63, 3.8) is 0 Å². The maximum atomic E-state index is 10.7. The highest BCUT2D eigenvalue weighted by molar-refractivity contribution is 5.87. The van der Waals surface area contributed by atoms with Gasteiger partial charge in [-0.25, -0.2) is 4.79 Å². The molecule has 0 heterocycles. The zero-order valence-electron chi connectivity index (χ0n) is 7.70. The van der Waals surface area contributed by atoms with Gasteiger partial charge in [0.1, 0.15) is 6.10 Å². The van der Waals surface area contributed by atoms with Crippen LogP contribution in [0.1, 0.15) is 19.8 Å². The van der Waals surface area contributed by atoms with Gasteiger partial charge in [0.25, 0.3) is 0 Å². The van der Waals surface area contributed by atoms with Gasteiger partial charge in [-0.2, -0.15) is 0 Å². The van der Waals surface area contributed by atoms with E-state index in [0.717, 1.165) is 0 Å². The Hall–Kier alpha value is -1.50. The van der Waals surface area contributed by atoms with Crippen LogP contribution in [0.25, 0.3) is 0 Å². The highest BCUT2D eigenvalue weighted by Gasteiger charge is 2.09. The number of esters is 2. The lowest BCUT2D eigenvalue weighted by molar-refractivity contribution is -0.145. The summed E-state index contributed by atoms with van der Waals surface area (Å²) in [5.74, 6) is 0.779. The molecule has 13 heavy (non-hydrogen) atoms. The van der Waals surface area contributed by atoms with E-state index in [4.69, 9.17) is 11.2 Å². The minimum Gasteiger partial charge on any atom is -0.469 e. The van der Waals surface area contributed by atoms with Gasteiger partial charge >= 0.3 is 11.9 Å². The lowest BCUT2D eigenvalue weighted by Crippen LogP contribution is -2.15. The molecule has 4 heteroatoms. The summed E-state index contributed by atoms with van der Waals surface area (Å²) in [6.07, 6.45) is 5.06. The summed E-state index contributed by atoms with van der Waals surface area (Å²) in [6, 6.07) is 0. The fourth-order valence-corrected chi connectivity index (χ4v) is 0.699. The standard InChI is InChI=1S/C9H12O4/c1-4-8(10)13-7(2)5-6-9(11)12-3/h1,7H,5-6H2,2-3H3/t7-/m1/s1. The second-order valence-corrected chi connectivity index (χ2v) is 2.48. The van der Waals surface area contributed by atoms with E-state index >= 15 is 0 Å². The van der Waals surface area contributed by atoms with Crippen molar-refractivity contribution in [1.82, 2.24) is 0 Å². The van der Waals surface area contributed by atoms with Crippen LogP contribution in [0.3, 0.4) is 0 Å². The Morgan fingerprint density at radius 2 is 2.15 bits per heavy atom. The molecule has 4 nitrogen and oxygen atoms in total. The number of carbonyl (C=O) groups is 2. The number of ether oxygens (including phenoxy) is 2. The molecule has 0 fully saturated rings. The van der Waals surface area contributed by atoms with E-state index in [1.807, 2.05) is 5.92 Å². The summed E-state index contributed by atoms with van der Waals surface area (Å²) < 4.78 is 9.12. The van der Waals surface area contributed by atoms with Gasteiger partial charge in [-0.3, -0.25) is 4.79 Å². The van der Waals surface area contributed by atoms with E-state index < -0.39 is 5.97 Å². The average molecular weight is 184 g/mol. The molecule has 0 aliphatic rings. The van der Waals surface area contributed by atoms with E-state index in [1.165, 1.54) is 7.11 Å². The van der Waals surface area contributed by atoms with Gasteiger partial charge < -0.3 is 9.47 Å². The van der Waals surface area contributed by atoms with E-state index in [1.54, 1.807) is 6.92 Å². The molecule has 0 aliphatic carbocycles. The number of carbonyl (C=O) groups excluding carboxylic acids is 2. The number of rotatable bonds is 4. The van der Waals surface area contributed by atoms with E-state index in [2.05, 4.69) is 4.74 Å². The van der Waals surface area contributed by atoms with Gasteiger partial charge in [-0.1, -0.05) is 0 Å². The molecule has 0 amide bonds. The van der Waals surface area contributed by atoms with Crippen LogP contribution in [-0.4, -0.2) is 25.2 Å². The first kappa shape index (κ1) is 11.5. The Morgan fingerprint density at radius 3 is 2.62 bits per heavy atom. The number of terminal acetylenes is 1. The number of methoxy groups -OCH3 is 1. The predicted octanol–water partition coefficient (Wildman–Crippen LogP) is 0.504. The first-order valence-corrected chi connectivity index (χ1v) is 3.84. The molecule has 72 valence electrons. The van der Waals surface area contributed by atoms with Crippen molar-refractivity contribution in [2.45, 2.75) is 25.9 Å². The summed E-state index contributed by atoms with van der Waals surface area (Å²) in [4.78, 5) is 21.2. The third-order valence-electron chi connectivity index (χ3n) is 1.41. The van der Waals surface area contributed by atoms with Gasteiger partial charge in [0.2, 0.25) is 0 Å². The average Bonchev–Trinajstić information content (AvgIpc) is 2.13. The van der Waals surface area contributed by atoms with Crippen molar-refractivity contribution in [3.05, 3.63) is 0 Å². The molecule has 0 aromatic heterocycles. The molecule has 0 saturated carbocycles. The smallest absolute Gasteiger partial charge is 0.384 e. The minimum absolute atomic E-state index is 0.218. The molecule has 0 rings (SSSR count). The van der Waals surface area contributed by atoms with E-state index in [-0.39, 0.29) is 18.5 Å². The van der Waals surface area contributed by atoms with Gasteiger partial charge in [0.15, 0.2) is 0 Å². The summed E-state index contributed by atoms with van der Waals surface area (Å²) in [6.45, 7) is 1.66. The predicted molar refractivity (Wildman–Crippen MR) is 45.6 cm³/mol. The summed E-state index contributed by atoms with van der Waals surface area (Å²) in [7, 11) is 1.31. The third-order valence-corrected chi connectivity index (χ3v) is 1.41. The summed E-state index contributed by atoms with van der Waals surface area (Å²) in [5.41, 5.74) is 0. The van der Waals surface area contributed by atoms with Gasteiger partial charge in [-0.15, -0.1) is 6.42 Å². The van der Waals surface area contributed by atoms with Crippen molar-refractivity contribution >= 4 is 11.9 Å². The minimum atomic E-state index is -0.711. The van der Waals surface area contributed by atoms with Crippen molar-refractivity contribution in [2.24, 2.45) is 0 Å². The molecule has 0 N–H and O–H groups in total. The van der Waals surface area contributed by atoms with Crippen molar-refractivity contribution < 1.29 is 19.1 Å². The molecule has 0 aliphatic heterocycles. The summed E-state index contributed by atoms with van der Waals surface area (Å²) >= 11 is 0. The fraction of sp³-hybridized carbons (Fsp3) is 0.556. The molecule has 0 aromatic rings. The highest BCUT2D eigenvalue weighted by Crippen LogP contribution is 2.02. The topological polar surface area (TPSA) is 52.6 Å². The molecule has 0 radical (unpaired) electrons. The molecule has 0 bridgehead atoms. The molecule has 0 spiro atoms. The Kier molecular flexibility index (Phi) is 5.37. The lowest BCUT2D eigenvalue weighted by atomic mass is 10.2. The molecule has 0 saturated heterocycles. The normalized spacial score (nSPS) is 11.2. The zero-order chi connectivity index (χ0) is 10.3. The Labute approximate surface area is 77.2 Å². The van der Waals surface area contributed by atoms with Crippen LogP contribution in [0, 0.1) is 12.3 Å². The number of hydrogen-bond acceptors (Lipinski definition) is 4. The maximum Gasteiger partial charge on any atom is 0.384 e. The first-order chi connectivity index (χ1) is 6.10. The largest absolute Gasteiger partial charge is 0.469 e.